The van der Waals surface area contributed by atoms with Gasteiger partial charge in [0.05, 0.1) is 11.4 Å². The molecule has 3 heterocycles. The summed E-state index contributed by atoms with van der Waals surface area (Å²) >= 11 is 0. The first kappa shape index (κ1) is 16.1. The maximum atomic E-state index is 12.3. The number of para-hydroxylation sites is 1. The number of nitrogens with one attached hydrogen (secondary N) is 1. The Labute approximate surface area is 149 Å². The molecule has 1 N–H and O–H groups in total. The van der Waals surface area contributed by atoms with Crippen molar-refractivity contribution < 1.29 is 9.32 Å². The Morgan fingerprint density at radius 3 is 2.62 bits per heavy atom. The third-order valence-corrected chi connectivity index (χ3v) is 4.16. The second-order valence-electron chi connectivity index (χ2n) is 5.96. The first-order chi connectivity index (χ1) is 12.7. The number of carbonyl (C=O) groups is 1. The second-order valence-corrected chi connectivity index (χ2v) is 5.96. The molecule has 0 aliphatic carbocycles. The van der Waals surface area contributed by atoms with Crippen LogP contribution in [0.5, 0.6) is 0 Å². The van der Waals surface area contributed by atoms with Gasteiger partial charge in [-0.3, -0.25) is 5.32 Å². The van der Waals surface area contributed by atoms with E-state index in [0.717, 1.165) is 11.4 Å². The summed E-state index contributed by atoms with van der Waals surface area (Å²) in [6.45, 7) is 4.18. The van der Waals surface area contributed by atoms with Crippen molar-refractivity contribution in [2.45, 2.75) is 6.92 Å². The summed E-state index contributed by atoms with van der Waals surface area (Å²) in [5.74, 6) is 1.02. The number of urea groups is 1. The van der Waals surface area contributed by atoms with Crippen molar-refractivity contribution in [1.29, 1.82) is 0 Å². The molecule has 0 spiro atoms. The minimum Gasteiger partial charge on any atom is -0.338 e. The van der Waals surface area contributed by atoms with Crippen LogP contribution in [0.3, 0.4) is 0 Å². The molecule has 1 aliphatic rings. The summed E-state index contributed by atoms with van der Waals surface area (Å²) in [4.78, 5) is 16.1. The number of benzene rings is 1. The van der Waals surface area contributed by atoms with Crippen molar-refractivity contribution in [2.24, 2.45) is 0 Å². The van der Waals surface area contributed by atoms with E-state index in [2.05, 4.69) is 30.9 Å². The van der Waals surface area contributed by atoms with Crippen LogP contribution < -0.4 is 10.2 Å². The van der Waals surface area contributed by atoms with Gasteiger partial charge < -0.3 is 14.3 Å². The number of carbonyl (C=O) groups excluding carboxylic acids is 1. The van der Waals surface area contributed by atoms with E-state index in [1.807, 2.05) is 30.3 Å². The van der Waals surface area contributed by atoms with Crippen molar-refractivity contribution in [3.63, 3.8) is 0 Å². The van der Waals surface area contributed by atoms with Crippen molar-refractivity contribution in [3.05, 3.63) is 42.1 Å². The summed E-state index contributed by atoms with van der Waals surface area (Å²) in [5, 5.41) is 18.5. The fourth-order valence-corrected chi connectivity index (χ4v) is 2.83. The number of amides is 2. The molecule has 0 saturated carbocycles. The summed E-state index contributed by atoms with van der Waals surface area (Å²) < 4.78 is 6.72. The topological polar surface area (TPSA) is 105 Å². The maximum absolute atomic E-state index is 12.3. The Hall–Kier alpha value is -3.43. The maximum Gasteiger partial charge on any atom is 0.324 e. The number of aryl methyl sites for hydroxylation is 1. The number of tetrazole rings is 1. The van der Waals surface area contributed by atoms with Crippen LogP contribution in [0.1, 0.15) is 5.69 Å². The quantitative estimate of drug-likeness (QED) is 0.756. The van der Waals surface area contributed by atoms with Gasteiger partial charge in [0.15, 0.2) is 0 Å². The normalized spacial score (nSPS) is 14.5. The predicted molar refractivity (Wildman–Crippen MR) is 93.2 cm³/mol. The molecule has 4 rings (SSSR count). The SMILES string of the molecule is Cc1cc(NC(=O)N2CCN(c3nnnn3-c3ccccc3)CC2)on1. The first-order valence-corrected chi connectivity index (χ1v) is 8.29. The van der Waals surface area contributed by atoms with Crippen molar-refractivity contribution >= 4 is 17.9 Å². The molecule has 26 heavy (non-hydrogen) atoms. The average Bonchev–Trinajstić information content (AvgIpc) is 3.32. The van der Waals surface area contributed by atoms with Crippen molar-refractivity contribution in [1.82, 2.24) is 30.3 Å². The van der Waals surface area contributed by atoms with Gasteiger partial charge in [0, 0.05) is 32.2 Å². The van der Waals surface area contributed by atoms with E-state index in [1.54, 1.807) is 22.6 Å². The lowest BCUT2D eigenvalue weighted by Gasteiger charge is -2.34. The van der Waals surface area contributed by atoms with E-state index < -0.39 is 0 Å². The van der Waals surface area contributed by atoms with Crippen LogP contribution >= 0.6 is 0 Å². The Kier molecular flexibility index (Phi) is 4.22. The Bertz CT molecular complexity index is 883. The molecule has 10 heteroatoms. The summed E-state index contributed by atoms with van der Waals surface area (Å²) in [6, 6.07) is 11.2. The van der Waals surface area contributed by atoms with Gasteiger partial charge in [-0.2, -0.15) is 4.68 Å². The molecule has 10 nitrogen and oxygen atoms in total. The van der Waals surface area contributed by atoms with Gasteiger partial charge in [0.25, 0.3) is 0 Å². The molecule has 1 saturated heterocycles. The number of hydrogen-bond donors (Lipinski definition) is 1. The number of nitrogens with zero attached hydrogens (tertiary/aromatic N) is 7. The second kappa shape index (κ2) is 6.82. The molecular formula is C16H18N8O2. The van der Waals surface area contributed by atoms with Crippen LogP contribution in [-0.4, -0.2) is 62.5 Å². The highest BCUT2D eigenvalue weighted by Gasteiger charge is 2.25. The third kappa shape index (κ3) is 3.21. The minimum absolute atomic E-state index is 0.205. The summed E-state index contributed by atoms with van der Waals surface area (Å²) in [6.07, 6.45) is 0. The van der Waals surface area contributed by atoms with Crippen molar-refractivity contribution in [2.75, 3.05) is 36.4 Å². The van der Waals surface area contributed by atoms with Crippen LogP contribution in [0.4, 0.5) is 16.6 Å². The van der Waals surface area contributed by atoms with Crippen molar-refractivity contribution in [3.8, 4) is 5.69 Å². The molecule has 0 bridgehead atoms. The number of anilines is 2. The van der Waals surface area contributed by atoms with E-state index >= 15 is 0 Å². The fraction of sp³-hybridized carbons (Fsp3) is 0.312. The zero-order valence-corrected chi connectivity index (χ0v) is 14.2. The molecular weight excluding hydrogens is 336 g/mol. The van der Waals surface area contributed by atoms with Gasteiger partial charge in [-0.25, -0.2) is 4.79 Å². The molecule has 0 unspecified atom stereocenters. The fourth-order valence-electron chi connectivity index (χ4n) is 2.83. The van der Waals surface area contributed by atoms with Gasteiger partial charge in [0.1, 0.15) is 0 Å². The molecule has 1 fully saturated rings. The van der Waals surface area contributed by atoms with Gasteiger partial charge >= 0.3 is 6.03 Å². The Balaban J connectivity index is 1.40. The van der Waals surface area contributed by atoms with Crippen LogP contribution in [-0.2, 0) is 0 Å². The van der Waals surface area contributed by atoms with Crippen LogP contribution in [0, 0.1) is 6.92 Å². The van der Waals surface area contributed by atoms with E-state index in [0.29, 0.717) is 38.0 Å². The van der Waals surface area contributed by atoms with Gasteiger partial charge in [-0.1, -0.05) is 28.5 Å². The van der Waals surface area contributed by atoms with Gasteiger partial charge in [-0.15, -0.1) is 0 Å². The number of piperazine rings is 1. The highest BCUT2D eigenvalue weighted by molar-refractivity contribution is 5.88. The number of rotatable bonds is 3. The Morgan fingerprint density at radius 1 is 1.15 bits per heavy atom. The first-order valence-electron chi connectivity index (χ1n) is 8.29. The average molecular weight is 354 g/mol. The molecule has 2 amide bonds. The largest absolute Gasteiger partial charge is 0.338 e. The molecule has 2 aromatic heterocycles. The lowest BCUT2D eigenvalue weighted by Crippen LogP contribution is -2.50. The van der Waals surface area contributed by atoms with Crippen LogP contribution in [0.25, 0.3) is 5.69 Å². The third-order valence-electron chi connectivity index (χ3n) is 4.16. The molecule has 1 aromatic carbocycles. The monoisotopic (exact) mass is 354 g/mol. The van der Waals surface area contributed by atoms with Gasteiger partial charge in [-0.05, 0) is 29.5 Å². The van der Waals surface area contributed by atoms with E-state index in [4.69, 9.17) is 4.52 Å². The lowest BCUT2D eigenvalue weighted by molar-refractivity contribution is 0.207. The molecule has 0 atom stereocenters. The van der Waals surface area contributed by atoms with Gasteiger partial charge in [0.2, 0.25) is 11.8 Å². The Morgan fingerprint density at radius 2 is 1.92 bits per heavy atom. The van der Waals surface area contributed by atoms with Crippen LogP contribution in [0.15, 0.2) is 40.9 Å². The zero-order valence-electron chi connectivity index (χ0n) is 14.2. The highest BCUT2D eigenvalue weighted by Crippen LogP contribution is 2.17. The summed E-state index contributed by atoms with van der Waals surface area (Å²) in [7, 11) is 0. The highest BCUT2D eigenvalue weighted by atomic mass is 16.5. The summed E-state index contributed by atoms with van der Waals surface area (Å²) in [5.41, 5.74) is 1.62. The smallest absolute Gasteiger partial charge is 0.324 e. The number of hydrogen-bond acceptors (Lipinski definition) is 7. The standard InChI is InChI=1S/C16H18N8O2/c1-12-11-14(26-19-12)17-16(25)23-9-7-22(8-10-23)15-18-20-21-24(15)13-5-3-2-4-6-13/h2-6,11H,7-10H2,1H3,(H,17,25). The van der Waals surface area contributed by atoms with E-state index in [-0.39, 0.29) is 6.03 Å². The predicted octanol–water partition coefficient (Wildman–Crippen LogP) is 1.31. The van der Waals surface area contributed by atoms with E-state index in [1.165, 1.54) is 0 Å². The zero-order chi connectivity index (χ0) is 17.9. The minimum atomic E-state index is -0.205. The molecule has 134 valence electrons. The molecule has 0 radical (unpaired) electrons. The van der Waals surface area contributed by atoms with Crippen LogP contribution in [0.2, 0.25) is 0 Å². The molecule has 3 aromatic rings. The lowest BCUT2D eigenvalue weighted by atomic mass is 10.3. The number of aromatic nitrogens is 5. The molecule has 1 aliphatic heterocycles. The van der Waals surface area contributed by atoms with E-state index in [9.17, 15) is 4.79 Å².